The predicted octanol–water partition coefficient (Wildman–Crippen LogP) is 3.15. The molecule has 46 heavy (non-hydrogen) atoms. The van der Waals surface area contributed by atoms with Crippen LogP contribution in [0.25, 0.3) is 0 Å². The molecule has 8 atom stereocenters. The molecule has 0 aromatic heterocycles. The summed E-state index contributed by atoms with van der Waals surface area (Å²) in [5.74, 6) is -0.849. The number of methoxy groups -OCH3 is 1. The fourth-order valence-electron chi connectivity index (χ4n) is 7.91. The normalized spacial score (nSPS) is 36.2. The van der Waals surface area contributed by atoms with Gasteiger partial charge in [-0.05, 0) is 100 Å². The minimum Gasteiger partial charge on any atom is -0.463 e. The van der Waals surface area contributed by atoms with Crippen molar-refractivity contribution in [1.82, 2.24) is 19.6 Å². The highest BCUT2D eigenvalue weighted by Crippen LogP contribution is 2.38. The number of ketones is 1. The van der Waals surface area contributed by atoms with E-state index in [4.69, 9.17) is 18.9 Å². The van der Waals surface area contributed by atoms with Crippen molar-refractivity contribution >= 4 is 17.7 Å². The van der Waals surface area contributed by atoms with Gasteiger partial charge in [0.1, 0.15) is 12.0 Å². The lowest BCUT2D eigenvalue weighted by Gasteiger charge is -2.45. The maximum absolute atomic E-state index is 14.2. The van der Waals surface area contributed by atoms with Gasteiger partial charge in [0, 0.05) is 51.2 Å². The third kappa shape index (κ3) is 9.50. The Bertz CT molecular complexity index is 1030. The quantitative estimate of drug-likeness (QED) is 0.301. The molecule has 266 valence electrons. The van der Waals surface area contributed by atoms with Gasteiger partial charge in [0.05, 0.1) is 24.4 Å². The Morgan fingerprint density at radius 1 is 1.02 bits per heavy atom. The van der Waals surface area contributed by atoms with Gasteiger partial charge in [-0.25, -0.2) is 0 Å². The van der Waals surface area contributed by atoms with E-state index in [2.05, 4.69) is 44.8 Å². The molecule has 1 amide bonds. The van der Waals surface area contributed by atoms with E-state index in [1.807, 2.05) is 37.7 Å². The number of likely N-dealkylation sites (tertiary alicyclic amines) is 1. The summed E-state index contributed by atoms with van der Waals surface area (Å²) in [6, 6.07) is 0.250. The van der Waals surface area contributed by atoms with E-state index in [9.17, 15) is 14.4 Å². The van der Waals surface area contributed by atoms with Crippen LogP contribution in [0.5, 0.6) is 0 Å². The lowest BCUT2D eigenvalue weighted by Crippen LogP contribution is -2.55. The molecule has 0 saturated carbocycles. The number of rotatable bonds is 7. The van der Waals surface area contributed by atoms with Crippen molar-refractivity contribution in [3.63, 3.8) is 0 Å². The Labute approximate surface area is 278 Å². The number of amides is 1. The first-order valence-electron chi connectivity index (χ1n) is 17.3. The highest BCUT2D eigenvalue weighted by atomic mass is 16.7. The van der Waals surface area contributed by atoms with E-state index < -0.39 is 35.3 Å². The molecule has 11 heteroatoms. The van der Waals surface area contributed by atoms with Crippen LogP contribution in [0.1, 0.15) is 73.6 Å². The Balaban J connectivity index is 1.89. The van der Waals surface area contributed by atoms with E-state index in [1.54, 1.807) is 21.0 Å². The van der Waals surface area contributed by atoms with Crippen molar-refractivity contribution in [1.29, 1.82) is 0 Å². The second-order valence-corrected chi connectivity index (χ2v) is 15.7. The number of carbonyl (C=O) groups is 3. The molecular weight excluding hydrogens is 588 g/mol. The fourth-order valence-corrected chi connectivity index (χ4v) is 7.91. The summed E-state index contributed by atoms with van der Waals surface area (Å²) in [6.07, 6.45) is 2.75. The molecule has 0 N–H and O–H groups in total. The number of hydrogen-bond acceptors (Lipinski definition) is 10. The summed E-state index contributed by atoms with van der Waals surface area (Å²) in [5.41, 5.74) is -2.21. The van der Waals surface area contributed by atoms with Crippen molar-refractivity contribution in [3.8, 4) is 0 Å². The Hall–Kier alpha value is -1.63. The fraction of sp³-hybridized carbons (Fsp3) is 0.914. The number of cyclic esters (lactones) is 1. The second kappa shape index (κ2) is 16.2. The van der Waals surface area contributed by atoms with Crippen molar-refractivity contribution < 1.29 is 33.3 Å². The molecule has 11 nitrogen and oxygen atoms in total. The molecule has 3 aliphatic heterocycles. The largest absolute Gasteiger partial charge is 0.463 e. The van der Waals surface area contributed by atoms with Crippen LogP contribution in [0.4, 0.5) is 0 Å². The molecule has 1 unspecified atom stereocenters. The van der Waals surface area contributed by atoms with E-state index in [1.165, 1.54) is 0 Å². The maximum Gasteiger partial charge on any atom is 0.319 e. The van der Waals surface area contributed by atoms with Gasteiger partial charge < -0.3 is 33.6 Å². The lowest BCUT2D eigenvalue weighted by molar-refractivity contribution is -0.263. The molecule has 0 aromatic rings. The molecule has 0 spiro atoms. The highest BCUT2D eigenvalue weighted by molar-refractivity contribution is 6.04. The molecule has 0 bridgehead atoms. The average molecular weight is 653 g/mol. The minimum atomic E-state index is -1.38. The van der Waals surface area contributed by atoms with Gasteiger partial charge >= 0.3 is 5.97 Å². The van der Waals surface area contributed by atoms with Crippen LogP contribution >= 0.6 is 0 Å². The van der Waals surface area contributed by atoms with E-state index >= 15 is 0 Å². The number of Topliss-reactive ketones (excluding diaryl/α,β-unsaturated/α-hetero) is 1. The van der Waals surface area contributed by atoms with E-state index in [-0.39, 0.29) is 48.3 Å². The number of esters is 1. The zero-order valence-corrected chi connectivity index (χ0v) is 30.8. The number of carbonyl (C=O) groups excluding carboxylic acids is 3. The van der Waals surface area contributed by atoms with Gasteiger partial charge in [-0.1, -0.05) is 13.8 Å². The third-order valence-corrected chi connectivity index (χ3v) is 10.7. The Morgan fingerprint density at radius 3 is 2.22 bits per heavy atom. The van der Waals surface area contributed by atoms with Crippen molar-refractivity contribution in [2.75, 3.05) is 75.1 Å². The maximum atomic E-state index is 14.2. The van der Waals surface area contributed by atoms with E-state index in [0.717, 1.165) is 25.8 Å². The SMILES string of the molecule is CO[C@]1(C)C[C@@H](C)CN(C)C(C2CCN(C(=O)CN(C)C)CC2)COC(=O)C(C)(C)C(=O)[C@H](C)[C@H]1O[C@H]1C[C@@H](N(C)C)C[C@@H](C)O1. The van der Waals surface area contributed by atoms with Gasteiger partial charge in [-0.3, -0.25) is 19.3 Å². The van der Waals surface area contributed by atoms with Gasteiger partial charge in [0.15, 0.2) is 12.1 Å². The molecule has 3 fully saturated rings. The number of hydrogen-bond donors (Lipinski definition) is 0. The molecule has 3 rings (SSSR count). The van der Waals surface area contributed by atoms with Gasteiger partial charge in [-0.2, -0.15) is 0 Å². The van der Waals surface area contributed by atoms with Crippen LogP contribution in [0.3, 0.4) is 0 Å². The first-order valence-corrected chi connectivity index (χ1v) is 17.3. The number of ether oxygens (including phenoxy) is 4. The third-order valence-electron chi connectivity index (χ3n) is 10.7. The van der Waals surface area contributed by atoms with Gasteiger partial charge in [0.25, 0.3) is 0 Å². The second-order valence-electron chi connectivity index (χ2n) is 15.7. The molecular formula is C35H64N4O7. The molecule has 3 heterocycles. The number of likely N-dealkylation sites (N-methyl/N-ethyl adjacent to an activating group) is 2. The van der Waals surface area contributed by atoms with Gasteiger partial charge in [-0.15, -0.1) is 0 Å². The van der Waals surface area contributed by atoms with E-state index in [0.29, 0.717) is 32.5 Å². The minimum absolute atomic E-state index is 0.00890. The summed E-state index contributed by atoms with van der Waals surface area (Å²) in [5, 5.41) is 0. The monoisotopic (exact) mass is 652 g/mol. The topological polar surface area (TPSA) is 101 Å². The molecule has 0 aliphatic carbocycles. The van der Waals surface area contributed by atoms with Crippen LogP contribution in [0.2, 0.25) is 0 Å². The molecule has 3 aliphatic rings. The molecule has 0 aromatic carbocycles. The standard InChI is InChI=1S/C35H64N4O7/c1-23-19-35(6,43-12)32(46-30-18-27(37(9)10)17-24(2)45-30)25(3)31(41)34(4,5)33(42)44-22-28(38(11)20-23)26-13-15-39(16-14-26)29(40)21-36(7)8/h23-28,30,32H,13-22H2,1-12H3/t23-,24-,25+,27+,28?,30+,32-,35-/m1/s1. The lowest BCUT2D eigenvalue weighted by atomic mass is 9.74. The molecule has 0 radical (unpaired) electrons. The number of piperidine rings is 1. The summed E-state index contributed by atoms with van der Waals surface area (Å²) in [7, 11) is 11.7. The zero-order valence-electron chi connectivity index (χ0n) is 30.8. The Kier molecular flexibility index (Phi) is 13.7. The summed E-state index contributed by atoms with van der Waals surface area (Å²) >= 11 is 0. The summed E-state index contributed by atoms with van der Waals surface area (Å²) in [4.78, 5) is 49.0. The van der Waals surface area contributed by atoms with Crippen LogP contribution in [-0.2, 0) is 33.3 Å². The zero-order chi connectivity index (χ0) is 34.6. The average Bonchev–Trinajstić information content (AvgIpc) is 2.98. The first-order chi connectivity index (χ1) is 21.4. The van der Waals surface area contributed by atoms with Crippen LogP contribution in [-0.4, -0.2) is 149 Å². The number of nitrogens with zero attached hydrogens (tertiary/aromatic N) is 4. The van der Waals surface area contributed by atoms with Gasteiger partial charge in [0.2, 0.25) is 5.91 Å². The summed E-state index contributed by atoms with van der Waals surface area (Å²) < 4.78 is 25.4. The first kappa shape index (κ1) is 38.8. The highest BCUT2D eigenvalue weighted by Gasteiger charge is 2.50. The van der Waals surface area contributed by atoms with Crippen molar-refractivity contribution in [3.05, 3.63) is 0 Å². The molecule has 3 saturated heterocycles. The Morgan fingerprint density at radius 2 is 1.65 bits per heavy atom. The summed E-state index contributed by atoms with van der Waals surface area (Å²) in [6.45, 7) is 14.2. The van der Waals surface area contributed by atoms with Crippen LogP contribution in [0.15, 0.2) is 0 Å². The van der Waals surface area contributed by atoms with Crippen LogP contribution in [0, 0.1) is 23.2 Å². The predicted molar refractivity (Wildman–Crippen MR) is 178 cm³/mol. The van der Waals surface area contributed by atoms with Crippen LogP contribution < -0.4 is 0 Å². The van der Waals surface area contributed by atoms with Crippen molar-refractivity contribution in [2.45, 2.75) is 110 Å². The van der Waals surface area contributed by atoms with Crippen molar-refractivity contribution in [2.24, 2.45) is 23.2 Å². The smallest absolute Gasteiger partial charge is 0.319 e.